The number of H-pyrrole nitrogens is 1. The van der Waals surface area contributed by atoms with E-state index >= 15 is 0 Å². The van der Waals surface area contributed by atoms with E-state index in [4.69, 9.17) is 4.74 Å². The van der Waals surface area contributed by atoms with Gasteiger partial charge in [-0.05, 0) is 74.9 Å². The number of nitrogens with one attached hydrogen (secondary N) is 2. The molecule has 1 saturated heterocycles. The molecule has 5 aromatic rings. The summed E-state index contributed by atoms with van der Waals surface area (Å²) in [6, 6.07) is 13.7. The maximum absolute atomic E-state index is 13.8. The highest BCUT2D eigenvalue weighted by atomic mass is 32.2. The van der Waals surface area contributed by atoms with Crippen LogP contribution in [0.4, 0.5) is 5.69 Å². The van der Waals surface area contributed by atoms with Gasteiger partial charge in [0, 0.05) is 67.0 Å². The molecule has 0 aliphatic carbocycles. The molecule has 6 heterocycles. The Labute approximate surface area is 293 Å². The number of aryl methyl sites for hydroxylation is 1. The van der Waals surface area contributed by atoms with Crippen molar-refractivity contribution >= 4 is 57.1 Å². The fraction of sp³-hybridized carbons (Fsp3) is 0.371. The van der Waals surface area contributed by atoms with Crippen molar-refractivity contribution in [3.05, 3.63) is 65.9 Å². The maximum atomic E-state index is 13.8. The van der Waals surface area contributed by atoms with Crippen LogP contribution in [0.2, 0.25) is 0 Å². The van der Waals surface area contributed by atoms with E-state index in [1.165, 1.54) is 10.5 Å². The number of pyridine rings is 1. The first-order chi connectivity index (χ1) is 23.7. The Morgan fingerprint density at radius 2 is 1.98 bits per heavy atom. The largest absolute Gasteiger partial charge is 0.475 e. The number of aromatic nitrogens is 6. The average molecular weight is 698 g/mol. The first kappa shape index (κ1) is 33.0. The van der Waals surface area contributed by atoms with Crippen LogP contribution in [0.15, 0.2) is 61.1 Å². The predicted octanol–water partition coefficient (Wildman–Crippen LogP) is 5.33. The Morgan fingerprint density at radius 1 is 1.12 bits per heavy atom. The second-order valence-electron chi connectivity index (χ2n) is 12.7. The van der Waals surface area contributed by atoms with Gasteiger partial charge in [0.05, 0.1) is 23.0 Å². The molecule has 4 aromatic heterocycles. The molecule has 49 heavy (non-hydrogen) atoms. The number of carbonyl (C=O) groups excluding carboxylic acids is 2. The van der Waals surface area contributed by atoms with E-state index in [1.807, 2.05) is 62.4 Å². The van der Waals surface area contributed by atoms with Crippen molar-refractivity contribution in [2.75, 3.05) is 44.3 Å². The first-order valence-electron chi connectivity index (χ1n) is 16.3. The summed E-state index contributed by atoms with van der Waals surface area (Å²) >= 11 is 3.23. The quantitative estimate of drug-likeness (QED) is 0.199. The summed E-state index contributed by atoms with van der Waals surface area (Å²) in [5.74, 6) is 1.33. The van der Waals surface area contributed by atoms with Gasteiger partial charge in [-0.2, -0.15) is 10.2 Å². The summed E-state index contributed by atoms with van der Waals surface area (Å²) in [6.45, 7) is 6.67. The number of amides is 2. The van der Waals surface area contributed by atoms with Gasteiger partial charge in [-0.25, -0.2) is 9.97 Å². The lowest BCUT2D eigenvalue weighted by Crippen LogP contribution is -2.45. The zero-order valence-corrected chi connectivity index (χ0v) is 29.6. The summed E-state index contributed by atoms with van der Waals surface area (Å²) in [5.41, 5.74) is 4.41. The minimum atomic E-state index is -0.654. The molecule has 1 fully saturated rings. The van der Waals surface area contributed by atoms with E-state index in [1.54, 1.807) is 40.3 Å². The standard InChI is InChI=1S/C35H39N9O3S2/c1-22(2)47-30-10-5-24(18-36-30)32-26-17-25(6-7-27(26)39-40-32)38-34(46)35(48-4)13-16-43(20-35)19-31(45)44-14-11-23(12-15-44)28-8-9-29(49-28)33-37-21-42(3)41-33/h5-11,17-18,21-22H,12-16,19-20H2,1-4H3,(H,38,46)(H,39,40). The van der Waals surface area contributed by atoms with Gasteiger partial charge < -0.3 is 15.0 Å². The van der Waals surface area contributed by atoms with E-state index in [0.29, 0.717) is 50.7 Å². The Kier molecular flexibility index (Phi) is 9.27. The highest BCUT2D eigenvalue weighted by Crippen LogP contribution is 2.37. The van der Waals surface area contributed by atoms with Crippen LogP contribution in [0.5, 0.6) is 5.88 Å². The number of fused-ring (bicyclic) bond motifs is 1. The lowest BCUT2D eigenvalue weighted by Gasteiger charge is -2.29. The lowest BCUT2D eigenvalue weighted by molar-refractivity contribution is -0.132. The lowest BCUT2D eigenvalue weighted by atomic mass is 10.1. The van der Waals surface area contributed by atoms with Crippen molar-refractivity contribution in [1.29, 1.82) is 0 Å². The highest BCUT2D eigenvalue weighted by molar-refractivity contribution is 8.00. The second kappa shape index (κ2) is 13.8. The number of ether oxygens (including phenoxy) is 1. The third-order valence-electron chi connectivity index (χ3n) is 8.97. The number of carbonyl (C=O) groups is 2. The van der Waals surface area contributed by atoms with Crippen LogP contribution in [0.3, 0.4) is 0 Å². The molecule has 0 bridgehead atoms. The third-order valence-corrected chi connectivity index (χ3v) is 11.4. The van der Waals surface area contributed by atoms with Crippen LogP contribution < -0.4 is 10.1 Å². The third kappa shape index (κ3) is 6.98. The van der Waals surface area contributed by atoms with Gasteiger partial charge in [0.25, 0.3) is 0 Å². The van der Waals surface area contributed by atoms with E-state index in [-0.39, 0.29) is 17.9 Å². The van der Waals surface area contributed by atoms with Gasteiger partial charge in [-0.3, -0.25) is 24.3 Å². The van der Waals surface area contributed by atoms with Crippen molar-refractivity contribution < 1.29 is 14.3 Å². The molecule has 2 aliphatic heterocycles. The van der Waals surface area contributed by atoms with Gasteiger partial charge in [0.1, 0.15) is 16.8 Å². The molecule has 1 atom stereocenters. The normalized spacial score (nSPS) is 18.3. The molecule has 1 aromatic carbocycles. The maximum Gasteiger partial charge on any atom is 0.241 e. The van der Waals surface area contributed by atoms with Gasteiger partial charge in [0.15, 0.2) is 5.82 Å². The molecule has 14 heteroatoms. The predicted molar refractivity (Wildman–Crippen MR) is 195 cm³/mol. The van der Waals surface area contributed by atoms with Crippen LogP contribution in [-0.2, 0) is 16.6 Å². The number of likely N-dealkylation sites (tertiary alicyclic amines) is 1. The fourth-order valence-electron chi connectivity index (χ4n) is 6.32. The summed E-state index contributed by atoms with van der Waals surface area (Å²) in [5, 5.41) is 16.1. The Hall–Kier alpha value is -4.53. The SMILES string of the molecule is CSC1(C(=O)Nc2ccc3[nH]nc(-c4ccc(OC(C)C)nc4)c3c2)CCN(CC(=O)N2CC=C(c3ccc(-c4ncn(C)n4)s3)CC2)C1. The number of thiophene rings is 1. The van der Waals surface area contributed by atoms with E-state index in [9.17, 15) is 9.59 Å². The Morgan fingerprint density at radius 3 is 2.69 bits per heavy atom. The number of hydrogen-bond acceptors (Lipinski definition) is 10. The van der Waals surface area contributed by atoms with E-state index < -0.39 is 4.75 Å². The number of anilines is 1. The molecule has 2 amide bonds. The van der Waals surface area contributed by atoms with Crippen LogP contribution in [0, 0.1) is 0 Å². The smallest absolute Gasteiger partial charge is 0.241 e. The van der Waals surface area contributed by atoms with Gasteiger partial charge >= 0.3 is 0 Å². The molecule has 0 radical (unpaired) electrons. The minimum Gasteiger partial charge on any atom is -0.475 e. The van der Waals surface area contributed by atoms with Crippen LogP contribution >= 0.6 is 23.1 Å². The topological polar surface area (TPSA) is 134 Å². The number of benzene rings is 1. The highest BCUT2D eigenvalue weighted by Gasteiger charge is 2.44. The molecule has 7 rings (SSSR count). The van der Waals surface area contributed by atoms with Crippen molar-refractivity contribution in [2.24, 2.45) is 7.05 Å². The van der Waals surface area contributed by atoms with E-state index in [2.05, 4.69) is 53.7 Å². The number of rotatable bonds is 10. The average Bonchev–Trinajstić information content (AvgIpc) is 3.92. The number of hydrogen-bond donors (Lipinski definition) is 2. The molecule has 2 N–H and O–H groups in total. The zero-order chi connectivity index (χ0) is 34.1. The molecule has 1 unspecified atom stereocenters. The summed E-state index contributed by atoms with van der Waals surface area (Å²) in [6.07, 6.45) is 9.08. The minimum absolute atomic E-state index is 0.0388. The molecule has 0 saturated carbocycles. The van der Waals surface area contributed by atoms with Crippen LogP contribution in [0.25, 0.3) is 38.4 Å². The monoisotopic (exact) mass is 697 g/mol. The summed E-state index contributed by atoms with van der Waals surface area (Å²) < 4.78 is 6.73. The summed E-state index contributed by atoms with van der Waals surface area (Å²) in [7, 11) is 1.86. The molecule has 2 aliphatic rings. The van der Waals surface area contributed by atoms with Crippen LogP contribution in [-0.4, -0.2) is 101 Å². The Balaban J connectivity index is 0.962. The molecular formula is C35H39N9O3S2. The second-order valence-corrected chi connectivity index (χ2v) is 15.0. The molecular weight excluding hydrogens is 659 g/mol. The van der Waals surface area contributed by atoms with Gasteiger partial charge in [-0.1, -0.05) is 6.08 Å². The van der Waals surface area contributed by atoms with Gasteiger partial charge in [0.2, 0.25) is 17.7 Å². The van der Waals surface area contributed by atoms with Crippen molar-refractivity contribution in [2.45, 2.75) is 37.5 Å². The molecule has 12 nitrogen and oxygen atoms in total. The fourth-order valence-corrected chi connectivity index (χ4v) is 8.17. The number of aromatic amines is 1. The number of thioether (sulfide) groups is 1. The van der Waals surface area contributed by atoms with Crippen molar-refractivity contribution in [3.63, 3.8) is 0 Å². The summed E-state index contributed by atoms with van der Waals surface area (Å²) in [4.78, 5) is 42.2. The molecule has 0 spiro atoms. The Bertz CT molecular complexity index is 2020. The first-order valence-corrected chi connectivity index (χ1v) is 18.4. The van der Waals surface area contributed by atoms with E-state index in [0.717, 1.165) is 39.3 Å². The number of nitrogens with zero attached hydrogens (tertiary/aromatic N) is 7. The van der Waals surface area contributed by atoms with Crippen molar-refractivity contribution in [1.82, 2.24) is 39.7 Å². The van der Waals surface area contributed by atoms with Gasteiger partial charge in [-0.15, -0.1) is 23.1 Å². The van der Waals surface area contributed by atoms with Crippen molar-refractivity contribution in [3.8, 4) is 27.8 Å². The van der Waals surface area contributed by atoms with Crippen LogP contribution in [0.1, 0.15) is 31.6 Å². The molecule has 254 valence electrons. The zero-order valence-electron chi connectivity index (χ0n) is 28.0.